The fraction of sp³-hybridized carbons (Fsp3) is 0.412. The summed E-state index contributed by atoms with van der Waals surface area (Å²) < 4.78 is 0. The normalized spacial score (nSPS) is 26.8. The fourth-order valence-electron chi connectivity index (χ4n) is 4.05. The van der Waals surface area contributed by atoms with Crippen LogP contribution in [0.15, 0.2) is 29.6 Å². The molecule has 4 aliphatic heterocycles. The van der Waals surface area contributed by atoms with Gasteiger partial charge in [0, 0.05) is 46.4 Å². The third-order valence-electron chi connectivity index (χ3n) is 5.12. The Morgan fingerprint density at radius 3 is 2.65 bits per heavy atom. The number of allylic oxidation sites excluding steroid dienone is 2. The van der Waals surface area contributed by atoms with Crippen molar-refractivity contribution in [1.29, 1.82) is 5.26 Å². The molecular formula is C17H15Cl2N3S. The third-order valence-corrected chi connectivity index (χ3v) is 6.04. The number of halogens is 2. The van der Waals surface area contributed by atoms with E-state index >= 15 is 0 Å². The molecule has 2 atom stereocenters. The van der Waals surface area contributed by atoms with Crippen molar-refractivity contribution in [1.82, 2.24) is 10.2 Å². The zero-order chi connectivity index (χ0) is 16.1. The molecule has 1 saturated heterocycles. The fourth-order valence-corrected chi connectivity index (χ4v) is 4.88. The monoisotopic (exact) mass is 363 g/mol. The van der Waals surface area contributed by atoms with E-state index in [1.807, 2.05) is 12.1 Å². The molecule has 0 aromatic heterocycles. The molecule has 1 N–H and O–H groups in total. The number of nitrogens with zero attached hydrogens (tertiary/aromatic N) is 2. The summed E-state index contributed by atoms with van der Waals surface area (Å²) in [5.41, 5.74) is 3.35. The zero-order valence-electron chi connectivity index (χ0n) is 12.4. The second-order valence-corrected chi connectivity index (χ2v) is 7.58. The minimum absolute atomic E-state index is 0.114. The van der Waals surface area contributed by atoms with Crippen molar-refractivity contribution < 1.29 is 0 Å². The van der Waals surface area contributed by atoms with Crippen LogP contribution < -0.4 is 5.32 Å². The Morgan fingerprint density at radius 2 is 2.00 bits per heavy atom. The smallest absolute Gasteiger partial charge is 0.109 e. The van der Waals surface area contributed by atoms with Crippen molar-refractivity contribution in [3.63, 3.8) is 0 Å². The Morgan fingerprint density at radius 1 is 1.26 bits per heavy atom. The van der Waals surface area contributed by atoms with Gasteiger partial charge in [-0.05, 0) is 30.5 Å². The van der Waals surface area contributed by atoms with Crippen LogP contribution in [0.5, 0.6) is 0 Å². The van der Waals surface area contributed by atoms with Gasteiger partial charge in [0.05, 0.1) is 11.1 Å². The van der Waals surface area contributed by atoms with Crippen LogP contribution >= 0.6 is 35.4 Å². The van der Waals surface area contributed by atoms with Gasteiger partial charge in [0.25, 0.3) is 0 Å². The molecule has 2 bridgehead atoms. The van der Waals surface area contributed by atoms with Gasteiger partial charge in [0.2, 0.25) is 0 Å². The summed E-state index contributed by atoms with van der Waals surface area (Å²) in [7, 11) is 0. The maximum absolute atomic E-state index is 9.71. The number of piperidine rings is 1. The number of fused-ring (bicyclic) bond motifs is 2. The summed E-state index contributed by atoms with van der Waals surface area (Å²) in [6, 6.07) is 7.89. The predicted octanol–water partition coefficient (Wildman–Crippen LogP) is 4.08. The highest BCUT2D eigenvalue weighted by atomic mass is 35.5. The van der Waals surface area contributed by atoms with Crippen LogP contribution in [0, 0.1) is 23.2 Å². The molecule has 5 rings (SSSR count). The van der Waals surface area contributed by atoms with Gasteiger partial charge in [0.15, 0.2) is 0 Å². The average Bonchev–Trinajstić information content (AvgIpc) is 2.55. The molecule has 0 aliphatic carbocycles. The van der Waals surface area contributed by atoms with Crippen LogP contribution in [0.1, 0.15) is 24.3 Å². The highest BCUT2D eigenvalue weighted by molar-refractivity contribution is 7.80. The minimum atomic E-state index is -0.401. The lowest BCUT2D eigenvalue weighted by Gasteiger charge is -2.50. The number of thiocarbonyl (C=S) groups is 1. The van der Waals surface area contributed by atoms with E-state index in [1.165, 1.54) is 11.4 Å². The Bertz CT molecular complexity index is 760. The molecular weight excluding hydrogens is 349 g/mol. The summed E-state index contributed by atoms with van der Waals surface area (Å²) in [6.07, 6.45) is 2.29. The molecule has 1 aromatic rings. The number of hydrogen-bond acceptors (Lipinski definition) is 3. The van der Waals surface area contributed by atoms with Crippen LogP contribution in [0.2, 0.25) is 10.0 Å². The Labute approximate surface area is 150 Å². The molecule has 1 fully saturated rings. The van der Waals surface area contributed by atoms with Gasteiger partial charge >= 0.3 is 0 Å². The molecule has 0 spiro atoms. The molecule has 0 saturated carbocycles. The first-order valence-electron chi connectivity index (χ1n) is 7.74. The second kappa shape index (κ2) is 5.66. The maximum Gasteiger partial charge on any atom is 0.109 e. The van der Waals surface area contributed by atoms with E-state index in [-0.39, 0.29) is 5.92 Å². The first-order valence-corrected chi connectivity index (χ1v) is 8.91. The summed E-state index contributed by atoms with van der Waals surface area (Å²) >= 11 is 18.0. The molecule has 118 valence electrons. The Hall–Kier alpha value is -1.28. The summed E-state index contributed by atoms with van der Waals surface area (Å²) in [5, 5.41) is 14.3. The van der Waals surface area contributed by atoms with Gasteiger partial charge in [-0.15, -0.1) is 0 Å². The first kappa shape index (κ1) is 15.3. The first-order chi connectivity index (χ1) is 11.1. The van der Waals surface area contributed by atoms with Gasteiger partial charge in [-0.25, -0.2) is 0 Å². The van der Waals surface area contributed by atoms with E-state index in [0.29, 0.717) is 21.0 Å². The number of benzene rings is 1. The SMILES string of the molecule is N#C[C@H]1C(=S)NC2=C([C@H]1c1ccc(Cl)cc1Cl)N1CCC2CC1. The molecule has 0 radical (unpaired) electrons. The van der Waals surface area contributed by atoms with Gasteiger partial charge < -0.3 is 10.2 Å². The largest absolute Gasteiger partial charge is 0.373 e. The van der Waals surface area contributed by atoms with Crippen molar-refractivity contribution in [2.45, 2.75) is 18.8 Å². The highest BCUT2D eigenvalue weighted by Crippen LogP contribution is 2.48. The molecule has 4 aliphatic rings. The zero-order valence-corrected chi connectivity index (χ0v) is 14.7. The lowest BCUT2D eigenvalue weighted by Crippen LogP contribution is -2.52. The van der Waals surface area contributed by atoms with Gasteiger partial charge in [-0.2, -0.15) is 5.26 Å². The summed E-state index contributed by atoms with van der Waals surface area (Å²) in [5.74, 6) is -0.000407. The molecule has 23 heavy (non-hydrogen) atoms. The predicted molar refractivity (Wildman–Crippen MR) is 95.4 cm³/mol. The summed E-state index contributed by atoms with van der Waals surface area (Å²) in [6.45, 7) is 2.08. The molecule has 0 unspecified atom stereocenters. The third kappa shape index (κ3) is 2.34. The Kier molecular flexibility index (Phi) is 3.76. The standard InChI is InChI=1S/C17H15Cl2N3S/c18-10-1-2-11(13(19)7-10)14-12(8-20)17(23)21-15-9-3-5-22(6-4-9)16(14)15/h1-2,7,9,12,14H,3-6H2,(H,21,23)/t12-,14+/m1/s1. The number of nitrogens with one attached hydrogen (secondary N) is 1. The van der Waals surface area contributed by atoms with Crippen molar-refractivity contribution in [2.24, 2.45) is 11.8 Å². The minimum Gasteiger partial charge on any atom is -0.373 e. The lowest BCUT2D eigenvalue weighted by molar-refractivity contribution is 0.181. The van der Waals surface area contributed by atoms with Crippen LogP contribution in [0.25, 0.3) is 0 Å². The van der Waals surface area contributed by atoms with Crippen molar-refractivity contribution in [3.8, 4) is 6.07 Å². The number of hydrogen-bond donors (Lipinski definition) is 1. The number of nitriles is 1. The van der Waals surface area contributed by atoms with E-state index < -0.39 is 5.92 Å². The molecule has 0 amide bonds. The van der Waals surface area contributed by atoms with Crippen LogP contribution in [-0.2, 0) is 0 Å². The van der Waals surface area contributed by atoms with E-state index in [2.05, 4.69) is 16.3 Å². The van der Waals surface area contributed by atoms with Crippen molar-refractivity contribution in [2.75, 3.05) is 13.1 Å². The Balaban J connectivity index is 1.91. The quantitative estimate of drug-likeness (QED) is 0.762. The van der Waals surface area contributed by atoms with Crippen molar-refractivity contribution in [3.05, 3.63) is 45.2 Å². The highest BCUT2D eigenvalue weighted by Gasteiger charge is 2.45. The van der Waals surface area contributed by atoms with Crippen LogP contribution in [0.3, 0.4) is 0 Å². The lowest BCUT2D eigenvalue weighted by atomic mass is 9.74. The van der Waals surface area contributed by atoms with Crippen LogP contribution in [-0.4, -0.2) is 23.0 Å². The van der Waals surface area contributed by atoms with Crippen molar-refractivity contribution >= 4 is 40.4 Å². The van der Waals surface area contributed by atoms with E-state index in [9.17, 15) is 5.26 Å². The van der Waals surface area contributed by atoms with E-state index in [1.54, 1.807) is 6.07 Å². The average molecular weight is 364 g/mol. The topological polar surface area (TPSA) is 39.1 Å². The molecule has 1 aromatic carbocycles. The van der Waals surface area contributed by atoms with E-state index in [4.69, 9.17) is 35.4 Å². The maximum atomic E-state index is 9.71. The van der Waals surface area contributed by atoms with Gasteiger partial charge in [-0.3, -0.25) is 0 Å². The van der Waals surface area contributed by atoms with E-state index in [0.717, 1.165) is 31.5 Å². The second-order valence-electron chi connectivity index (χ2n) is 6.30. The summed E-state index contributed by atoms with van der Waals surface area (Å²) in [4.78, 5) is 3.00. The molecule has 6 heteroatoms. The van der Waals surface area contributed by atoms with Crippen LogP contribution in [0.4, 0.5) is 0 Å². The van der Waals surface area contributed by atoms with Gasteiger partial charge in [-0.1, -0.05) is 41.5 Å². The molecule has 4 heterocycles. The van der Waals surface area contributed by atoms with Gasteiger partial charge in [0.1, 0.15) is 5.92 Å². The number of rotatable bonds is 1. The molecule has 3 nitrogen and oxygen atoms in total.